The molecular weight excluding hydrogens is 653 g/mol. The van der Waals surface area contributed by atoms with Gasteiger partial charge in [0.25, 0.3) is 0 Å². The molecule has 0 radical (unpaired) electrons. The first-order chi connectivity index (χ1) is 25.8. The van der Waals surface area contributed by atoms with Crippen LogP contribution in [-0.2, 0) is 0 Å². The zero-order valence-electron chi connectivity index (χ0n) is 27.9. The highest BCUT2D eigenvalue weighted by molar-refractivity contribution is 8.00. The Morgan fingerprint density at radius 3 is 1.62 bits per heavy atom. The summed E-state index contributed by atoms with van der Waals surface area (Å²) < 4.78 is 2.46. The quantitative estimate of drug-likeness (QED) is 0.181. The third kappa shape index (κ3) is 4.46. The first-order valence-electron chi connectivity index (χ1n) is 17.5. The molecule has 0 unspecified atom stereocenters. The summed E-state index contributed by atoms with van der Waals surface area (Å²) in [4.78, 5) is 18.1. The minimum atomic E-state index is 0.633. The lowest BCUT2D eigenvalue weighted by atomic mass is 9.94. The molecule has 0 saturated carbocycles. The van der Waals surface area contributed by atoms with Crippen molar-refractivity contribution in [3.63, 3.8) is 0 Å². The van der Waals surface area contributed by atoms with E-state index in [1.165, 1.54) is 48.0 Å². The van der Waals surface area contributed by atoms with E-state index in [4.69, 9.17) is 15.0 Å². The van der Waals surface area contributed by atoms with E-state index in [0.29, 0.717) is 17.5 Å². The Hall–Kier alpha value is -6.56. The van der Waals surface area contributed by atoms with Crippen LogP contribution < -0.4 is 0 Å². The van der Waals surface area contributed by atoms with Gasteiger partial charge in [-0.25, -0.2) is 15.0 Å². The SMILES string of the molecule is c1ccc(-c2nc(-c3ccccc3)nc(-c3cc4ccccc4cc3-n3c4cccc5c4c4c6c(cccc6c(-c6ccccc6)cc43)S5)n2)cc1. The smallest absolute Gasteiger partial charge is 0.166 e. The van der Waals surface area contributed by atoms with Crippen molar-refractivity contribution >= 4 is 55.1 Å². The normalized spacial score (nSPS) is 12.2. The minimum Gasteiger partial charge on any atom is -0.308 e. The second-order valence-corrected chi connectivity index (χ2v) is 14.3. The fraction of sp³-hybridized carbons (Fsp3) is 0. The van der Waals surface area contributed by atoms with Gasteiger partial charge in [0.1, 0.15) is 0 Å². The van der Waals surface area contributed by atoms with Crippen molar-refractivity contribution in [2.45, 2.75) is 9.79 Å². The topological polar surface area (TPSA) is 43.6 Å². The molecule has 52 heavy (non-hydrogen) atoms. The van der Waals surface area contributed by atoms with Gasteiger partial charge in [0.15, 0.2) is 17.5 Å². The van der Waals surface area contributed by atoms with Crippen LogP contribution in [0.2, 0.25) is 0 Å². The molecular formula is C47H28N4S. The summed E-state index contributed by atoms with van der Waals surface area (Å²) in [5.41, 5.74) is 8.62. The van der Waals surface area contributed by atoms with Gasteiger partial charge in [-0.2, -0.15) is 0 Å². The number of benzene rings is 8. The Kier molecular flexibility index (Phi) is 6.45. The number of nitrogens with zero attached hydrogens (tertiary/aromatic N) is 4. The Morgan fingerprint density at radius 2 is 0.942 bits per heavy atom. The third-order valence-electron chi connectivity index (χ3n) is 10.2. The summed E-state index contributed by atoms with van der Waals surface area (Å²) in [6.45, 7) is 0. The van der Waals surface area contributed by atoms with Gasteiger partial charge in [-0.3, -0.25) is 0 Å². The molecule has 0 aliphatic carbocycles. The van der Waals surface area contributed by atoms with E-state index in [1.54, 1.807) is 0 Å². The Morgan fingerprint density at radius 1 is 0.385 bits per heavy atom. The van der Waals surface area contributed by atoms with E-state index in [1.807, 2.05) is 48.2 Å². The first kappa shape index (κ1) is 29.2. The number of hydrogen-bond donors (Lipinski definition) is 0. The number of aromatic nitrogens is 4. The standard InChI is InChI=1S/C47H28N4S/c1-4-14-29(15-5-1)35-28-39-44-42-34(35)22-12-24-40(42)52-41-25-13-23-37(43(41)44)51(39)38-27-33-21-11-10-20-32(33)26-36(38)47-49-45(30-16-6-2-7-17-30)48-46(50-47)31-18-8-3-9-19-31/h1-28H. The van der Waals surface area contributed by atoms with Crippen molar-refractivity contribution in [2.24, 2.45) is 0 Å². The fourth-order valence-corrected chi connectivity index (χ4v) is 9.02. The van der Waals surface area contributed by atoms with Crippen LogP contribution in [0, 0.1) is 0 Å². The van der Waals surface area contributed by atoms with Crippen molar-refractivity contribution in [1.29, 1.82) is 0 Å². The largest absolute Gasteiger partial charge is 0.308 e. The molecule has 1 aliphatic heterocycles. The van der Waals surface area contributed by atoms with E-state index >= 15 is 0 Å². The second-order valence-electron chi connectivity index (χ2n) is 13.2. The lowest BCUT2D eigenvalue weighted by molar-refractivity contribution is 1.07. The Labute approximate surface area is 304 Å². The predicted molar refractivity (Wildman–Crippen MR) is 215 cm³/mol. The van der Waals surface area contributed by atoms with Crippen LogP contribution in [-0.4, -0.2) is 19.5 Å². The molecule has 0 N–H and O–H groups in total. The number of hydrogen-bond acceptors (Lipinski definition) is 4. The molecule has 10 aromatic rings. The summed E-state index contributed by atoms with van der Waals surface area (Å²) in [6.07, 6.45) is 0. The first-order valence-corrected chi connectivity index (χ1v) is 18.3. The summed E-state index contributed by atoms with van der Waals surface area (Å²) >= 11 is 1.87. The van der Waals surface area contributed by atoms with E-state index in [0.717, 1.165) is 38.7 Å². The van der Waals surface area contributed by atoms with Gasteiger partial charge in [-0.15, -0.1) is 0 Å². The third-order valence-corrected chi connectivity index (χ3v) is 11.3. The maximum Gasteiger partial charge on any atom is 0.166 e. The lowest BCUT2D eigenvalue weighted by Gasteiger charge is -2.18. The highest BCUT2D eigenvalue weighted by Gasteiger charge is 2.27. The minimum absolute atomic E-state index is 0.633. The van der Waals surface area contributed by atoms with E-state index in [2.05, 4.69) is 138 Å². The van der Waals surface area contributed by atoms with Crippen molar-refractivity contribution in [1.82, 2.24) is 19.5 Å². The molecule has 4 nitrogen and oxygen atoms in total. The van der Waals surface area contributed by atoms with Gasteiger partial charge in [-0.05, 0) is 63.7 Å². The summed E-state index contributed by atoms with van der Waals surface area (Å²) in [7, 11) is 0. The van der Waals surface area contributed by atoms with E-state index < -0.39 is 0 Å². The summed E-state index contributed by atoms with van der Waals surface area (Å²) in [6, 6.07) is 60.1. The van der Waals surface area contributed by atoms with Gasteiger partial charge >= 0.3 is 0 Å². The second kappa shape index (κ2) is 11.5. The maximum atomic E-state index is 5.24. The molecule has 11 rings (SSSR count). The molecule has 242 valence electrons. The molecule has 2 aromatic heterocycles. The van der Waals surface area contributed by atoms with Crippen LogP contribution in [0.5, 0.6) is 0 Å². The van der Waals surface area contributed by atoms with Crippen LogP contribution in [0.15, 0.2) is 180 Å². The van der Waals surface area contributed by atoms with Crippen molar-refractivity contribution in [2.75, 3.05) is 0 Å². The van der Waals surface area contributed by atoms with Crippen LogP contribution in [0.4, 0.5) is 0 Å². The summed E-state index contributed by atoms with van der Waals surface area (Å²) in [5, 5.41) is 7.44. The number of rotatable bonds is 5. The molecule has 0 fully saturated rings. The zero-order valence-corrected chi connectivity index (χ0v) is 28.7. The lowest BCUT2D eigenvalue weighted by Crippen LogP contribution is -2.04. The van der Waals surface area contributed by atoms with Gasteiger partial charge in [0.05, 0.1) is 16.7 Å². The Balaban J connectivity index is 1.29. The monoisotopic (exact) mass is 680 g/mol. The van der Waals surface area contributed by atoms with E-state index in [9.17, 15) is 0 Å². The molecule has 0 bridgehead atoms. The molecule has 3 heterocycles. The maximum absolute atomic E-state index is 5.24. The molecule has 8 aromatic carbocycles. The summed E-state index contributed by atoms with van der Waals surface area (Å²) in [5.74, 6) is 1.92. The van der Waals surface area contributed by atoms with E-state index in [-0.39, 0.29) is 0 Å². The molecule has 1 aliphatic rings. The van der Waals surface area contributed by atoms with Gasteiger partial charge in [0.2, 0.25) is 0 Å². The van der Waals surface area contributed by atoms with Crippen molar-refractivity contribution < 1.29 is 0 Å². The zero-order chi connectivity index (χ0) is 34.2. The van der Waals surface area contributed by atoms with Crippen LogP contribution in [0.1, 0.15) is 0 Å². The highest BCUT2D eigenvalue weighted by Crippen LogP contribution is 2.52. The average Bonchev–Trinajstić information content (AvgIpc) is 3.56. The van der Waals surface area contributed by atoms with Crippen LogP contribution in [0.25, 0.3) is 94.3 Å². The molecule has 0 saturated heterocycles. The Bertz CT molecular complexity index is 2970. The van der Waals surface area contributed by atoms with Gasteiger partial charge < -0.3 is 4.57 Å². The van der Waals surface area contributed by atoms with Crippen molar-refractivity contribution in [3.8, 4) is 51.0 Å². The molecule has 0 atom stereocenters. The number of fused-ring (bicyclic) bond motifs is 1. The van der Waals surface area contributed by atoms with Crippen LogP contribution >= 0.6 is 11.8 Å². The predicted octanol–water partition coefficient (Wildman–Crippen LogP) is 12.4. The van der Waals surface area contributed by atoms with Crippen molar-refractivity contribution in [3.05, 3.63) is 170 Å². The fourth-order valence-electron chi connectivity index (χ4n) is 7.87. The molecule has 0 amide bonds. The molecule has 5 heteroatoms. The van der Waals surface area contributed by atoms with Gasteiger partial charge in [0, 0.05) is 42.6 Å². The van der Waals surface area contributed by atoms with Crippen LogP contribution in [0.3, 0.4) is 0 Å². The van der Waals surface area contributed by atoms with Gasteiger partial charge in [-0.1, -0.05) is 145 Å². The highest BCUT2D eigenvalue weighted by atomic mass is 32.2. The molecule has 0 spiro atoms. The average molecular weight is 681 g/mol.